The van der Waals surface area contributed by atoms with Gasteiger partial charge in [0.25, 0.3) is 5.56 Å². The van der Waals surface area contributed by atoms with E-state index in [0.29, 0.717) is 5.65 Å². The van der Waals surface area contributed by atoms with E-state index < -0.39 is 0 Å². The Kier molecular flexibility index (Phi) is 5.38. The highest BCUT2D eigenvalue weighted by Gasteiger charge is 2.18. The summed E-state index contributed by atoms with van der Waals surface area (Å²) in [6.45, 7) is 8.69. The standard InChI is InChI=1S/C22H25ClN4O/c1-16-6-7-21-24-17(2)20(22(28)27(21)15-16)8-9-25-10-12-26(13-11-25)19-5-3-4-18(23)14-19/h3-7,14-15H,8-13H2,1-2H3. The number of halogens is 1. The van der Waals surface area contributed by atoms with Crippen molar-refractivity contribution in [3.63, 3.8) is 0 Å². The van der Waals surface area contributed by atoms with Crippen LogP contribution in [0.4, 0.5) is 5.69 Å². The van der Waals surface area contributed by atoms with Gasteiger partial charge in [0.05, 0.1) is 0 Å². The summed E-state index contributed by atoms with van der Waals surface area (Å²) in [5.41, 5.74) is 4.67. The van der Waals surface area contributed by atoms with E-state index in [1.54, 1.807) is 4.40 Å². The number of aromatic nitrogens is 2. The molecule has 0 spiro atoms. The van der Waals surface area contributed by atoms with E-state index in [0.717, 1.165) is 61.0 Å². The zero-order chi connectivity index (χ0) is 19.7. The Morgan fingerprint density at radius 1 is 1.07 bits per heavy atom. The van der Waals surface area contributed by atoms with Crippen molar-refractivity contribution < 1.29 is 0 Å². The van der Waals surface area contributed by atoms with Gasteiger partial charge in [0, 0.05) is 60.9 Å². The van der Waals surface area contributed by atoms with Gasteiger partial charge in [0.15, 0.2) is 0 Å². The fraction of sp³-hybridized carbons (Fsp3) is 0.364. The molecule has 0 bridgehead atoms. The molecule has 0 N–H and O–H groups in total. The maximum atomic E-state index is 12.9. The van der Waals surface area contributed by atoms with Gasteiger partial charge in [-0.25, -0.2) is 4.98 Å². The van der Waals surface area contributed by atoms with E-state index >= 15 is 0 Å². The van der Waals surface area contributed by atoms with Crippen LogP contribution in [0, 0.1) is 13.8 Å². The molecule has 1 aromatic carbocycles. The highest BCUT2D eigenvalue weighted by atomic mass is 35.5. The second-order valence-electron chi connectivity index (χ2n) is 7.47. The lowest BCUT2D eigenvalue weighted by Crippen LogP contribution is -2.47. The van der Waals surface area contributed by atoms with E-state index in [-0.39, 0.29) is 5.56 Å². The first-order valence-electron chi connectivity index (χ1n) is 9.72. The molecule has 3 heterocycles. The number of hydrogen-bond acceptors (Lipinski definition) is 4. The number of anilines is 1. The van der Waals surface area contributed by atoms with Crippen molar-refractivity contribution in [1.82, 2.24) is 14.3 Å². The summed E-state index contributed by atoms with van der Waals surface area (Å²) in [5.74, 6) is 0. The van der Waals surface area contributed by atoms with E-state index in [1.807, 2.05) is 50.4 Å². The largest absolute Gasteiger partial charge is 0.369 e. The zero-order valence-corrected chi connectivity index (χ0v) is 17.1. The molecule has 1 saturated heterocycles. The van der Waals surface area contributed by atoms with E-state index in [2.05, 4.69) is 20.9 Å². The fourth-order valence-electron chi connectivity index (χ4n) is 3.85. The molecule has 0 saturated carbocycles. The Hall–Kier alpha value is -2.37. The molecule has 4 rings (SSSR count). The van der Waals surface area contributed by atoms with Crippen LogP contribution >= 0.6 is 11.6 Å². The average Bonchev–Trinajstić information content (AvgIpc) is 2.69. The molecule has 1 fully saturated rings. The van der Waals surface area contributed by atoms with Crippen molar-refractivity contribution in [2.45, 2.75) is 20.3 Å². The summed E-state index contributed by atoms with van der Waals surface area (Å²) in [6, 6.07) is 11.9. The molecule has 5 nitrogen and oxygen atoms in total. The Morgan fingerprint density at radius 2 is 1.86 bits per heavy atom. The van der Waals surface area contributed by atoms with Crippen LogP contribution in [0.5, 0.6) is 0 Å². The highest BCUT2D eigenvalue weighted by molar-refractivity contribution is 6.30. The van der Waals surface area contributed by atoms with Crippen LogP contribution in [-0.2, 0) is 6.42 Å². The molecule has 146 valence electrons. The number of hydrogen-bond donors (Lipinski definition) is 0. The third-order valence-electron chi connectivity index (χ3n) is 5.49. The number of benzene rings is 1. The van der Waals surface area contributed by atoms with Crippen molar-refractivity contribution in [3.8, 4) is 0 Å². The summed E-state index contributed by atoms with van der Waals surface area (Å²) in [7, 11) is 0. The van der Waals surface area contributed by atoms with Crippen LogP contribution in [-0.4, -0.2) is 47.0 Å². The van der Waals surface area contributed by atoms with Gasteiger partial charge in [0.2, 0.25) is 0 Å². The van der Waals surface area contributed by atoms with Gasteiger partial charge >= 0.3 is 0 Å². The number of pyridine rings is 1. The molecule has 6 heteroatoms. The lowest BCUT2D eigenvalue weighted by Gasteiger charge is -2.36. The number of rotatable bonds is 4. The van der Waals surface area contributed by atoms with Crippen LogP contribution < -0.4 is 10.5 Å². The van der Waals surface area contributed by atoms with Gasteiger partial charge in [-0.05, 0) is 50.1 Å². The third-order valence-corrected chi connectivity index (χ3v) is 5.73. The van der Waals surface area contributed by atoms with Crippen LogP contribution in [0.1, 0.15) is 16.8 Å². The molecule has 1 aliphatic rings. The predicted molar refractivity (Wildman–Crippen MR) is 115 cm³/mol. The lowest BCUT2D eigenvalue weighted by atomic mass is 10.1. The molecule has 0 atom stereocenters. The van der Waals surface area contributed by atoms with E-state index in [9.17, 15) is 4.79 Å². The predicted octanol–water partition coefficient (Wildman–Crippen LogP) is 3.33. The minimum Gasteiger partial charge on any atom is -0.369 e. The fourth-order valence-corrected chi connectivity index (χ4v) is 4.04. The van der Waals surface area contributed by atoms with Gasteiger partial charge in [-0.1, -0.05) is 23.7 Å². The first kappa shape index (κ1) is 19.0. The Balaban J connectivity index is 1.42. The quantitative estimate of drug-likeness (QED) is 0.678. The molecule has 0 aliphatic carbocycles. The first-order valence-corrected chi connectivity index (χ1v) is 10.1. The van der Waals surface area contributed by atoms with Gasteiger partial charge < -0.3 is 4.90 Å². The van der Waals surface area contributed by atoms with Gasteiger partial charge in [0.1, 0.15) is 5.65 Å². The van der Waals surface area contributed by atoms with E-state index in [1.165, 1.54) is 5.69 Å². The number of piperazine rings is 1. The first-order chi connectivity index (χ1) is 13.5. The summed E-state index contributed by atoms with van der Waals surface area (Å²) in [5, 5.41) is 0.773. The average molecular weight is 397 g/mol. The van der Waals surface area contributed by atoms with Gasteiger partial charge in [-0.3, -0.25) is 14.1 Å². The summed E-state index contributed by atoms with van der Waals surface area (Å²) >= 11 is 6.12. The SMILES string of the molecule is Cc1ccc2nc(C)c(CCN3CCN(c4cccc(Cl)c4)CC3)c(=O)n2c1. The normalized spacial score (nSPS) is 15.3. The van der Waals surface area contributed by atoms with Gasteiger partial charge in [-0.2, -0.15) is 0 Å². The molecule has 1 aliphatic heterocycles. The van der Waals surface area contributed by atoms with Crippen molar-refractivity contribution in [1.29, 1.82) is 0 Å². The van der Waals surface area contributed by atoms with Crippen LogP contribution in [0.3, 0.4) is 0 Å². The number of aryl methyl sites for hydroxylation is 2. The summed E-state index contributed by atoms with van der Waals surface area (Å²) in [6.07, 6.45) is 2.60. The highest BCUT2D eigenvalue weighted by Crippen LogP contribution is 2.20. The molecule has 0 amide bonds. The molecule has 2 aromatic heterocycles. The number of nitrogens with zero attached hydrogens (tertiary/aromatic N) is 4. The second kappa shape index (κ2) is 7.94. The number of fused-ring (bicyclic) bond motifs is 1. The lowest BCUT2D eigenvalue weighted by molar-refractivity contribution is 0.260. The molecular weight excluding hydrogens is 372 g/mol. The topological polar surface area (TPSA) is 40.9 Å². The van der Waals surface area contributed by atoms with Crippen molar-refractivity contribution in [3.05, 3.63) is 74.8 Å². The summed E-state index contributed by atoms with van der Waals surface area (Å²) < 4.78 is 1.68. The second-order valence-corrected chi connectivity index (χ2v) is 7.91. The van der Waals surface area contributed by atoms with Crippen molar-refractivity contribution >= 4 is 22.9 Å². The van der Waals surface area contributed by atoms with Crippen LogP contribution in [0.2, 0.25) is 5.02 Å². The van der Waals surface area contributed by atoms with E-state index in [4.69, 9.17) is 11.6 Å². The minimum absolute atomic E-state index is 0.0590. The minimum atomic E-state index is 0.0590. The van der Waals surface area contributed by atoms with Crippen molar-refractivity contribution in [2.24, 2.45) is 0 Å². The Morgan fingerprint density at radius 3 is 2.61 bits per heavy atom. The molecule has 3 aromatic rings. The monoisotopic (exact) mass is 396 g/mol. The van der Waals surface area contributed by atoms with Gasteiger partial charge in [-0.15, -0.1) is 0 Å². The smallest absolute Gasteiger partial charge is 0.261 e. The molecule has 0 radical (unpaired) electrons. The zero-order valence-electron chi connectivity index (χ0n) is 16.4. The Labute approximate surface area is 170 Å². The Bertz CT molecular complexity index is 1050. The molecular formula is C22H25ClN4O. The maximum Gasteiger partial charge on any atom is 0.261 e. The molecule has 0 unspecified atom stereocenters. The molecule has 28 heavy (non-hydrogen) atoms. The van der Waals surface area contributed by atoms with Crippen LogP contribution in [0.15, 0.2) is 47.4 Å². The summed E-state index contributed by atoms with van der Waals surface area (Å²) in [4.78, 5) is 22.3. The maximum absolute atomic E-state index is 12.9. The third kappa shape index (κ3) is 3.91. The van der Waals surface area contributed by atoms with Crippen molar-refractivity contribution in [2.75, 3.05) is 37.6 Å². The van der Waals surface area contributed by atoms with Crippen LogP contribution in [0.25, 0.3) is 5.65 Å².